The molecular weight excluding hydrogens is 246 g/mol. The fourth-order valence-electron chi connectivity index (χ4n) is 2.19. The van der Waals surface area contributed by atoms with Gasteiger partial charge in [0.2, 0.25) is 0 Å². The zero-order valence-electron chi connectivity index (χ0n) is 11.1. The van der Waals surface area contributed by atoms with E-state index in [9.17, 15) is 9.90 Å². The Morgan fingerprint density at radius 3 is 2.74 bits per heavy atom. The second kappa shape index (κ2) is 6.14. The van der Waals surface area contributed by atoms with E-state index in [1.807, 2.05) is 6.07 Å². The fourth-order valence-corrected chi connectivity index (χ4v) is 2.19. The van der Waals surface area contributed by atoms with Crippen molar-refractivity contribution >= 4 is 5.91 Å². The van der Waals surface area contributed by atoms with Crippen molar-refractivity contribution in [3.05, 3.63) is 35.9 Å². The van der Waals surface area contributed by atoms with Crippen molar-refractivity contribution in [2.45, 2.75) is 37.9 Å². The molecule has 1 saturated heterocycles. The Labute approximate surface area is 112 Å². The second-order valence-corrected chi connectivity index (χ2v) is 4.68. The molecular formula is C14H19NO4. The van der Waals surface area contributed by atoms with Crippen molar-refractivity contribution in [1.82, 2.24) is 5.32 Å². The lowest BCUT2D eigenvalue weighted by Crippen LogP contribution is -2.55. The van der Waals surface area contributed by atoms with E-state index >= 15 is 0 Å². The molecule has 19 heavy (non-hydrogen) atoms. The van der Waals surface area contributed by atoms with Crippen molar-refractivity contribution in [2.75, 3.05) is 7.11 Å². The number of carbonyl (C=O) groups excluding carboxylic acids is 1. The number of nitrogens with one attached hydrogen (secondary N) is 1. The number of aliphatic hydroxyl groups is 1. The van der Waals surface area contributed by atoms with Gasteiger partial charge in [0, 0.05) is 19.1 Å². The van der Waals surface area contributed by atoms with Gasteiger partial charge in [0.1, 0.15) is 6.10 Å². The lowest BCUT2D eigenvalue weighted by atomic mass is 9.99. The van der Waals surface area contributed by atoms with Crippen molar-refractivity contribution in [1.29, 1.82) is 0 Å². The number of carbonyl (C=O) groups is 1. The van der Waals surface area contributed by atoms with E-state index in [1.54, 1.807) is 38.3 Å². The lowest BCUT2D eigenvalue weighted by Gasteiger charge is -2.37. The SMILES string of the molecule is COC1CC(NC(=O)c2ccccc2)C(O)C(C)O1. The molecule has 1 aromatic rings. The summed E-state index contributed by atoms with van der Waals surface area (Å²) in [6.45, 7) is 1.76. The van der Waals surface area contributed by atoms with Crippen LogP contribution in [0.25, 0.3) is 0 Å². The second-order valence-electron chi connectivity index (χ2n) is 4.68. The largest absolute Gasteiger partial charge is 0.388 e. The van der Waals surface area contributed by atoms with Crippen LogP contribution in [0.3, 0.4) is 0 Å². The molecule has 5 heteroatoms. The van der Waals surface area contributed by atoms with Crippen LogP contribution in [0.5, 0.6) is 0 Å². The first-order chi connectivity index (χ1) is 9.11. The number of aliphatic hydroxyl groups excluding tert-OH is 1. The Hall–Kier alpha value is -1.43. The maximum absolute atomic E-state index is 12.1. The predicted octanol–water partition coefficient (Wildman–Crippen LogP) is 0.927. The third kappa shape index (κ3) is 3.32. The van der Waals surface area contributed by atoms with Crippen molar-refractivity contribution in [3.8, 4) is 0 Å². The predicted molar refractivity (Wildman–Crippen MR) is 69.7 cm³/mol. The van der Waals surface area contributed by atoms with E-state index in [4.69, 9.17) is 9.47 Å². The highest BCUT2D eigenvalue weighted by molar-refractivity contribution is 5.94. The normalized spacial score (nSPS) is 30.9. The number of hydrogen-bond donors (Lipinski definition) is 2. The van der Waals surface area contributed by atoms with Gasteiger partial charge in [-0.3, -0.25) is 4.79 Å². The summed E-state index contributed by atoms with van der Waals surface area (Å²) in [5.74, 6) is -0.200. The third-order valence-electron chi connectivity index (χ3n) is 3.32. The van der Waals surface area contributed by atoms with Gasteiger partial charge < -0.3 is 19.9 Å². The Balaban J connectivity index is 2.02. The molecule has 0 radical (unpaired) electrons. The molecule has 2 rings (SSSR count). The van der Waals surface area contributed by atoms with Crippen LogP contribution in [0.1, 0.15) is 23.7 Å². The molecule has 104 valence electrons. The Morgan fingerprint density at radius 2 is 2.11 bits per heavy atom. The van der Waals surface area contributed by atoms with Gasteiger partial charge in [-0.15, -0.1) is 0 Å². The van der Waals surface area contributed by atoms with Crippen LogP contribution in [0.4, 0.5) is 0 Å². The van der Waals surface area contributed by atoms with E-state index in [0.29, 0.717) is 12.0 Å². The molecule has 0 spiro atoms. The highest BCUT2D eigenvalue weighted by Gasteiger charge is 2.36. The summed E-state index contributed by atoms with van der Waals surface area (Å²) in [5.41, 5.74) is 0.572. The summed E-state index contributed by atoms with van der Waals surface area (Å²) in [6.07, 6.45) is -1.08. The number of rotatable bonds is 3. The van der Waals surface area contributed by atoms with Gasteiger partial charge in [-0.1, -0.05) is 18.2 Å². The Bertz CT molecular complexity index is 423. The lowest BCUT2D eigenvalue weighted by molar-refractivity contribution is -0.213. The summed E-state index contributed by atoms with van der Waals surface area (Å²) >= 11 is 0. The quantitative estimate of drug-likeness (QED) is 0.853. The molecule has 4 unspecified atom stereocenters. The zero-order valence-corrected chi connectivity index (χ0v) is 11.1. The molecule has 0 aromatic heterocycles. The van der Waals surface area contributed by atoms with Gasteiger partial charge in [-0.05, 0) is 19.1 Å². The molecule has 1 heterocycles. The third-order valence-corrected chi connectivity index (χ3v) is 3.32. The summed E-state index contributed by atoms with van der Waals surface area (Å²) in [7, 11) is 1.55. The molecule has 0 aliphatic carbocycles. The first kappa shape index (κ1) is 14.0. The first-order valence-electron chi connectivity index (χ1n) is 6.34. The van der Waals surface area contributed by atoms with Crippen molar-refractivity contribution < 1.29 is 19.4 Å². The number of hydrogen-bond acceptors (Lipinski definition) is 4. The minimum Gasteiger partial charge on any atom is -0.388 e. The van der Waals surface area contributed by atoms with E-state index < -0.39 is 12.4 Å². The van der Waals surface area contributed by atoms with Crippen LogP contribution < -0.4 is 5.32 Å². The molecule has 0 bridgehead atoms. The minimum atomic E-state index is -0.737. The van der Waals surface area contributed by atoms with Crippen LogP contribution in [-0.4, -0.2) is 42.7 Å². The molecule has 1 aliphatic rings. The number of amides is 1. The number of methoxy groups -OCH3 is 1. The molecule has 0 saturated carbocycles. The van der Waals surface area contributed by atoms with Gasteiger partial charge in [-0.2, -0.15) is 0 Å². The average Bonchev–Trinajstić information content (AvgIpc) is 2.44. The molecule has 2 N–H and O–H groups in total. The van der Waals surface area contributed by atoms with Crippen LogP contribution in [0.15, 0.2) is 30.3 Å². The first-order valence-corrected chi connectivity index (χ1v) is 6.34. The van der Waals surface area contributed by atoms with E-state index in [-0.39, 0.29) is 18.1 Å². The number of benzene rings is 1. The zero-order chi connectivity index (χ0) is 13.8. The monoisotopic (exact) mass is 265 g/mol. The molecule has 1 aliphatic heterocycles. The smallest absolute Gasteiger partial charge is 0.251 e. The average molecular weight is 265 g/mol. The van der Waals surface area contributed by atoms with Gasteiger partial charge in [0.05, 0.1) is 12.1 Å². The maximum atomic E-state index is 12.1. The van der Waals surface area contributed by atoms with Crippen LogP contribution >= 0.6 is 0 Å². The van der Waals surface area contributed by atoms with Gasteiger partial charge in [0.15, 0.2) is 6.29 Å². The van der Waals surface area contributed by atoms with Gasteiger partial charge in [-0.25, -0.2) is 0 Å². The Morgan fingerprint density at radius 1 is 1.42 bits per heavy atom. The molecule has 4 atom stereocenters. The standard InChI is InChI=1S/C14H19NO4/c1-9-13(16)11(8-12(18-2)19-9)15-14(17)10-6-4-3-5-7-10/h3-7,9,11-13,16H,8H2,1-2H3,(H,15,17). The Kier molecular flexibility index (Phi) is 4.52. The van der Waals surface area contributed by atoms with Gasteiger partial charge >= 0.3 is 0 Å². The van der Waals surface area contributed by atoms with Crippen LogP contribution in [-0.2, 0) is 9.47 Å². The maximum Gasteiger partial charge on any atom is 0.251 e. The minimum absolute atomic E-state index is 0.200. The van der Waals surface area contributed by atoms with E-state index in [1.165, 1.54) is 0 Å². The summed E-state index contributed by atoms with van der Waals surface area (Å²) in [4.78, 5) is 12.1. The van der Waals surface area contributed by atoms with Crippen LogP contribution in [0.2, 0.25) is 0 Å². The molecule has 5 nitrogen and oxygen atoms in total. The topological polar surface area (TPSA) is 67.8 Å². The summed E-state index contributed by atoms with van der Waals surface area (Å²) in [6, 6.07) is 8.55. The molecule has 1 fully saturated rings. The van der Waals surface area contributed by atoms with Crippen molar-refractivity contribution in [2.24, 2.45) is 0 Å². The number of ether oxygens (including phenoxy) is 2. The summed E-state index contributed by atoms with van der Waals surface area (Å²) < 4.78 is 10.6. The van der Waals surface area contributed by atoms with Crippen LogP contribution in [0, 0.1) is 0 Å². The highest BCUT2D eigenvalue weighted by Crippen LogP contribution is 2.21. The highest BCUT2D eigenvalue weighted by atomic mass is 16.7. The van der Waals surface area contributed by atoms with Crippen molar-refractivity contribution in [3.63, 3.8) is 0 Å². The van der Waals surface area contributed by atoms with E-state index in [0.717, 1.165) is 0 Å². The van der Waals surface area contributed by atoms with E-state index in [2.05, 4.69) is 5.32 Å². The fraction of sp³-hybridized carbons (Fsp3) is 0.500. The summed E-state index contributed by atoms with van der Waals surface area (Å²) in [5, 5.41) is 12.9. The molecule has 1 amide bonds. The van der Waals surface area contributed by atoms with Gasteiger partial charge in [0.25, 0.3) is 5.91 Å². The molecule has 1 aromatic carbocycles.